The third-order valence-electron chi connectivity index (χ3n) is 6.68. The minimum atomic E-state index is -0.553. The molecule has 3 N–H and O–H groups in total. The van der Waals surface area contributed by atoms with Gasteiger partial charge >= 0.3 is 6.09 Å². The second-order valence-corrected chi connectivity index (χ2v) is 11.0. The Morgan fingerprint density at radius 2 is 1.60 bits per heavy atom. The van der Waals surface area contributed by atoms with Crippen molar-refractivity contribution < 1.29 is 19.1 Å². The fraction of sp³-hybridized carbons (Fsp3) is 0.250. The number of anilines is 2. The number of carbonyl (C=O) groups excluding carboxylic acids is 3. The van der Waals surface area contributed by atoms with E-state index >= 15 is 0 Å². The van der Waals surface area contributed by atoms with E-state index in [1.165, 1.54) is 0 Å². The molecule has 4 aromatic rings. The van der Waals surface area contributed by atoms with Crippen LogP contribution in [0, 0.1) is 5.92 Å². The summed E-state index contributed by atoms with van der Waals surface area (Å²) < 4.78 is 5.24. The Labute approximate surface area is 233 Å². The predicted molar refractivity (Wildman–Crippen MR) is 155 cm³/mol. The van der Waals surface area contributed by atoms with E-state index in [4.69, 9.17) is 4.74 Å². The smallest absolute Gasteiger partial charge is 0.407 e. The van der Waals surface area contributed by atoms with Gasteiger partial charge in [0.2, 0.25) is 5.91 Å². The molecule has 204 valence electrons. The number of hydrogen-bond donors (Lipinski definition) is 3. The summed E-state index contributed by atoms with van der Waals surface area (Å²) in [6, 6.07) is 22.4. The quantitative estimate of drug-likeness (QED) is 0.259. The van der Waals surface area contributed by atoms with Crippen LogP contribution >= 0.6 is 0 Å². The zero-order valence-corrected chi connectivity index (χ0v) is 22.7. The minimum Gasteiger partial charge on any atom is -0.444 e. The van der Waals surface area contributed by atoms with Crippen molar-refractivity contribution in [2.45, 2.75) is 45.3 Å². The number of alkyl carbamates (subject to hydrolysis) is 1. The summed E-state index contributed by atoms with van der Waals surface area (Å²) in [5.41, 5.74) is 3.33. The first-order valence-electron chi connectivity index (χ1n) is 13.3. The lowest BCUT2D eigenvalue weighted by Crippen LogP contribution is -2.32. The third-order valence-corrected chi connectivity index (χ3v) is 6.68. The fourth-order valence-corrected chi connectivity index (χ4v) is 4.53. The molecule has 1 aliphatic rings. The maximum Gasteiger partial charge on any atom is 0.407 e. The molecule has 5 rings (SSSR count). The van der Waals surface area contributed by atoms with Crippen LogP contribution < -0.4 is 16.0 Å². The van der Waals surface area contributed by atoms with Gasteiger partial charge in [0.25, 0.3) is 5.91 Å². The van der Waals surface area contributed by atoms with Crippen molar-refractivity contribution >= 4 is 40.1 Å². The van der Waals surface area contributed by atoms with Gasteiger partial charge in [-0.15, -0.1) is 0 Å². The molecule has 8 nitrogen and oxygen atoms in total. The number of nitrogens with one attached hydrogen (secondary N) is 3. The zero-order chi connectivity index (χ0) is 28.3. The topological polar surface area (TPSA) is 109 Å². The summed E-state index contributed by atoms with van der Waals surface area (Å²) in [6.07, 6.45) is 3.84. The number of rotatable bonds is 7. The Balaban J connectivity index is 1.11. The van der Waals surface area contributed by atoms with Gasteiger partial charge in [-0.3, -0.25) is 14.6 Å². The highest BCUT2D eigenvalue weighted by molar-refractivity contribution is 6.04. The van der Waals surface area contributed by atoms with Gasteiger partial charge < -0.3 is 20.7 Å². The summed E-state index contributed by atoms with van der Waals surface area (Å²) in [4.78, 5) is 41.5. The molecule has 1 aromatic heterocycles. The highest BCUT2D eigenvalue weighted by Gasteiger charge is 2.43. The van der Waals surface area contributed by atoms with Crippen LogP contribution in [0.1, 0.15) is 54.6 Å². The van der Waals surface area contributed by atoms with Crippen LogP contribution in [0.25, 0.3) is 10.8 Å². The second kappa shape index (κ2) is 11.2. The van der Waals surface area contributed by atoms with Gasteiger partial charge in [-0.2, -0.15) is 0 Å². The molecule has 3 aromatic carbocycles. The van der Waals surface area contributed by atoms with Crippen LogP contribution in [-0.4, -0.2) is 28.5 Å². The Kier molecular flexibility index (Phi) is 7.51. The van der Waals surface area contributed by atoms with Gasteiger partial charge in [-0.1, -0.05) is 30.3 Å². The maximum absolute atomic E-state index is 12.8. The minimum absolute atomic E-state index is 0.00460. The van der Waals surface area contributed by atoms with E-state index in [0.29, 0.717) is 17.8 Å². The lowest BCUT2D eigenvalue weighted by atomic mass is 10.1. The normalized spacial score (nSPS) is 16.2. The van der Waals surface area contributed by atoms with Crippen LogP contribution in [0.4, 0.5) is 16.2 Å². The maximum atomic E-state index is 12.8. The van der Waals surface area contributed by atoms with Crippen molar-refractivity contribution in [1.29, 1.82) is 0 Å². The molecule has 0 saturated heterocycles. The van der Waals surface area contributed by atoms with Crippen molar-refractivity contribution in [1.82, 2.24) is 10.3 Å². The summed E-state index contributed by atoms with van der Waals surface area (Å²) in [6.45, 7) is 5.76. The molecule has 3 amide bonds. The number of aromatic nitrogens is 1. The number of nitrogens with zero attached hydrogens (tertiary/aromatic N) is 1. The monoisotopic (exact) mass is 536 g/mol. The van der Waals surface area contributed by atoms with E-state index in [1.54, 1.807) is 36.7 Å². The van der Waals surface area contributed by atoms with Crippen LogP contribution in [0.15, 0.2) is 85.2 Å². The standard InChI is InChI=1S/C32H32N4O4/c1-32(2,3)40-31(39)34-18-20-4-11-25(12-5-20)35-29(37)22-8-6-21(7-9-22)27-17-28(27)30(38)36-26-13-10-24-19-33-15-14-23(24)16-26/h4-16,19,27-28H,17-18H2,1-3H3,(H,34,39)(H,35,37)(H,36,38)/t27?,28-/m1/s1. The molecule has 1 saturated carbocycles. The Bertz CT molecular complexity index is 1540. The number of benzene rings is 3. The van der Waals surface area contributed by atoms with Gasteiger partial charge in [-0.25, -0.2) is 4.79 Å². The zero-order valence-electron chi connectivity index (χ0n) is 22.7. The van der Waals surface area contributed by atoms with Crippen molar-refractivity contribution in [2.24, 2.45) is 5.92 Å². The van der Waals surface area contributed by atoms with Crippen molar-refractivity contribution in [2.75, 3.05) is 10.6 Å². The van der Waals surface area contributed by atoms with Gasteiger partial charge in [0, 0.05) is 47.2 Å². The first kappa shape index (κ1) is 26.9. The Hall–Kier alpha value is -4.72. The van der Waals surface area contributed by atoms with Crippen LogP contribution in [0.2, 0.25) is 0 Å². The van der Waals surface area contributed by atoms with Crippen LogP contribution in [0.5, 0.6) is 0 Å². The average molecular weight is 537 g/mol. The van der Waals surface area contributed by atoms with Crippen molar-refractivity contribution in [3.05, 3.63) is 102 Å². The molecule has 0 radical (unpaired) electrons. The van der Waals surface area contributed by atoms with Gasteiger partial charge in [0.1, 0.15) is 5.60 Å². The molecule has 1 aliphatic carbocycles. The lowest BCUT2D eigenvalue weighted by Gasteiger charge is -2.19. The summed E-state index contributed by atoms with van der Waals surface area (Å²) in [5, 5.41) is 10.7. The number of fused-ring (bicyclic) bond motifs is 1. The average Bonchev–Trinajstić information content (AvgIpc) is 3.73. The number of amides is 3. The number of hydrogen-bond acceptors (Lipinski definition) is 5. The van der Waals surface area contributed by atoms with Crippen molar-refractivity contribution in [3.8, 4) is 0 Å². The molecule has 1 heterocycles. The Morgan fingerprint density at radius 1 is 0.875 bits per heavy atom. The molecule has 2 atom stereocenters. The molecule has 1 unspecified atom stereocenters. The van der Waals surface area contributed by atoms with Gasteiger partial charge in [0.15, 0.2) is 0 Å². The van der Waals surface area contributed by atoms with E-state index in [-0.39, 0.29) is 23.7 Å². The molecule has 40 heavy (non-hydrogen) atoms. The summed E-state index contributed by atoms with van der Waals surface area (Å²) in [5.74, 6) is -0.160. The molecular formula is C32H32N4O4. The van der Waals surface area contributed by atoms with Crippen LogP contribution in [-0.2, 0) is 16.1 Å². The highest BCUT2D eigenvalue weighted by Crippen LogP contribution is 2.48. The molecule has 8 heteroatoms. The Morgan fingerprint density at radius 3 is 2.33 bits per heavy atom. The first-order chi connectivity index (χ1) is 19.1. The number of pyridine rings is 1. The fourth-order valence-electron chi connectivity index (χ4n) is 4.53. The van der Waals surface area contributed by atoms with E-state index in [9.17, 15) is 14.4 Å². The lowest BCUT2D eigenvalue weighted by molar-refractivity contribution is -0.117. The van der Waals surface area contributed by atoms with Gasteiger partial charge in [-0.05, 0) is 92.1 Å². The number of carbonyl (C=O) groups is 3. The molecule has 0 spiro atoms. The van der Waals surface area contributed by atoms with E-state index in [0.717, 1.165) is 34.0 Å². The largest absolute Gasteiger partial charge is 0.444 e. The highest BCUT2D eigenvalue weighted by atomic mass is 16.6. The molecule has 0 aliphatic heterocycles. The van der Waals surface area contributed by atoms with E-state index in [1.807, 2.05) is 69.3 Å². The predicted octanol–water partition coefficient (Wildman–Crippen LogP) is 6.25. The van der Waals surface area contributed by atoms with Gasteiger partial charge in [0.05, 0.1) is 0 Å². The second-order valence-electron chi connectivity index (χ2n) is 11.0. The third kappa shape index (κ3) is 6.83. The SMILES string of the molecule is CC(C)(C)OC(=O)NCc1ccc(NC(=O)c2ccc(C3C[C@H]3C(=O)Nc3ccc4cnccc4c3)cc2)cc1. The number of ether oxygens (including phenoxy) is 1. The molecular weight excluding hydrogens is 504 g/mol. The van der Waals surface area contributed by atoms with E-state index in [2.05, 4.69) is 20.9 Å². The molecule has 1 fully saturated rings. The first-order valence-corrected chi connectivity index (χ1v) is 13.3. The van der Waals surface area contributed by atoms with E-state index < -0.39 is 11.7 Å². The molecule has 0 bridgehead atoms. The van der Waals surface area contributed by atoms with Crippen LogP contribution in [0.3, 0.4) is 0 Å². The summed E-state index contributed by atoms with van der Waals surface area (Å²) >= 11 is 0. The summed E-state index contributed by atoms with van der Waals surface area (Å²) in [7, 11) is 0. The van der Waals surface area contributed by atoms with Crippen molar-refractivity contribution in [3.63, 3.8) is 0 Å².